The zero-order chi connectivity index (χ0) is 24.7. The lowest BCUT2D eigenvalue weighted by molar-refractivity contribution is 0.102. The highest BCUT2D eigenvalue weighted by atomic mass is 35.5. The molecule has 0 saturated carbocycles. The van der Waals surface area contributed by atoms with Gasteiger partial charge in [0.2, 0.25) is 10.0 Å². The number of nitrogens with one attached hydrogen (secondary N) is 1. The summed E-state index contributed by atoms with van der Waals surface area (Å²) in [7, 11) is -3.61. The van der Waals surface area contributed by atoms with Gasteiger partial charge in [-0.25, -0.2) is 13.4 Å². The van der Waals surface area contributed by atoms with Crippen LogP contribution in [-0.2, 0) is 10.0 Å². The minimum absolute atomic E-state index is 0.187. The first-order valence-corrected chi connectivity index (χ1v) is 14.2. The number of nitrogens with zero attached hydrogens (tertiary/aromatic N) is 2. The molecule has 3 aromatic rings. The number of halogens is 2. The van der Waals surface area contributed by atoms with Gasteiger partial charge in [-0.1, -0.05) is 56.0 Å². The van der Waals surface area contributed by atoms with E-state index in [2.05, 4.69) is 10.3 Å². The number of carbonyl (C=O) groups is 1. The standard InChI is InChI=1S/C24H27Cl2N3O3S2/c1-3-5-13-29(14-6-4-2)34(31,32)19-10-7-17(8-11-19)23(30)28-24-27-22(16-33-24)18-9-12-20(25)21(26)15-18/h7-12,15-16H,3-6,13-14H2,1-2H3,(H,27,28,30). The van der Waals surface area contributed by atoms with E-state index in [1.54, 1.807) is 18.2 Å². The number of hydrogen-bond donors (Lipinski definition) is 1. The summed E-state index contributed by atoms with van der Waals surface area (Å²) in [5.74, 6) is -0.368. The lowest BCUT2D eigenvalue weighted by Crippen LogP contribution is -2.33. The normalized spacial score (nSPS) is 11.7. The number of carbonyl (C=O) groups excluding carboxylic acids is 1. The Morgan fingerprint density at radius 3 is 2.24 bits per heavy atom. The molecule has 0 aliphatic carbocycles. The van der Waals surface area contributed by atoms with Gasteiger partial charge in [0.15, 0.2) is 5.13 Å². The number of unbranched alkanes of at least 4 members (excludes halogenated alkanes) is 2. The predicted octanol–water partition coefficient (Wildman–Crippen LogP) is 6.96. The van der Waals surface area contributed by atoms with Gasteiger partial charge >= 0.3 is 0 Å². The van der Waals surface area contributed by atoms with Crippen LogP contribution in [0.25, 0.3) is 11.3 Å². The molecule has 0 unspecified atom stereocenters. The van der Waals surface area contributed by atoms with Crippen LogP contribution >= 0.6 is 34.5 Å². The summed E-state index contributed by atoms with van der Waals surface area (Å²) >= 11 is 13.3. The van der Waals surface area contributed by atoms with Crippen molar-refractivity contribution in [1.82, 2.24) is 9.29 Å². The molecule has 182 valence electrons. The Balaban J connectivity index is 1.71. The van der Waals surface area contributed by atoms with Gasteiger partial charge in [0.1, 0.15) is 0 Å². The van der Waals surface area contributed by atoms with Gasteiger partial charge in [-0.15, -0.1) is 11.3 Å². The highest BCUT2D eigenvalue weighted by Gasteiger charge is 2.24. The first-order valence-electron chi connectivity index (χ1n) is 11.1. The fourth-order valence-electron chi connectivity index (χ4n) is 3.24. The molecule has 0 saturated heterocycles. The van der Waals surface area contributed by atoms with E-state index < -0.39 is 10.0 Å². The van der Waals surface area contributed by atoms with Crippen molar-refractivity contribution < 1.29 is 13.2 Å². The number of hydrogen-bond acceptors (Lipinski definition) is 5. The highest BCUT2D eigenvalue weighted by molar-refractivity contribution is 7.89. The van der Waals surface area contributed by atoms with E-state index in [0.29, 0.717) is 39.5 Å². The summed E-state index contributed by atoms with van der Waals surface area (Å²) in [6.07, 6.45) is 3.45. The van der Waals surface area contributed by atoms with Crippen LogP contribution in [0.5, 0.6) is 0 Å². The third-order valence-corrected chi connectivity index (χ3v) is 8.63. The van der Waals surface area contributed by atoms with Gasteiger partial charge in [-0.2, -0.15) is 4.31 Å². The summed E-state index contributed by atoms with van der Waals surface area (Å²) in [5, 5.41) is 5.88. The van der Waals surface area contributed by atoms with Gasteiger partial charge in [0.05, 0.1) is 20.6 Å². The second-order valence-electron chi connectivity index (χ2n) is 7.76. The molecule has 3 rings (SSSR count). The maximum Gasteiger partial charge on any atom is 0.257 e. The van der Waals surface area contributed by atoms with Crippen molar-refractivity contribution in [3.8, 4) is 11.3 Å². The number of amides is 1. The molecule has 0 bridgehead atoms. The zero-order valence-electron chi connectivity index (χ0n) is 19.1. The number of rotatable bonds is 11. The SMILES string of the molecule is CCCCN(CCCC)S(=O)(=O)c1ccc(C(=O)Nc2nc(-c3ccc(Cl)c(Cl)c3)cs2)cc1. The van der Waals surface area contributed by atoms with Crippen LogP contribution in [-0.4, -0.2) is 36.7 Å². The van der Waals surface area contributed by atoms with Crippen LogP contribution in [0.4, 0.5) is 5.13 Å². The smallest absolute Gasteiger partial charge is 0.257 e. The Labute approximate surface area is 215 Å². The maximum atomic E-state index is 13.1. The molecule has 1 amide bonds. The quantitative estimate of drug-likeness (QED) is 0.285. The molecule has 2 aromatic carbocycles. The number of benzene rings is 2. The Morgan fingerprint density at radius 2 is 1.65 bits per heavy atom. The lowest BCUT2D eigenvalue weighted by atomic mass is 10.2. The second kappa shape index (κ2) is 12.1. The van der Waals surface area contributed by atoms with Gasteiger partial charge in [0.25, 0.3) is 5.91 Å². The second-order valence-corrected chi connectivity index (χ2v) is 11.4. The Kier molecular flexibility index (Phi) is 9.50. The summed E-state index contributed by atoms with van der Waals surface area (Å²) in [6.45, 7) is 5.06. The third kappa shape index (κ3) is 6.58. The van der Waals surface area contributed by atoms with E-state index in [1.165, 1.54) is 39.9 Å². The molecule has 1 heterocycles. The number of aromatic nitrogens is 1. The van der Waals surface area contributed by atoms with Crippen LogP contribution < -0.4 is 5.32 Å². The van der Waals surface area contributed by atoms with Gasteiger partial charge in [-0.3, -0.25) is 10.1 Å². The molecule has 6 nitrogen and oxygen atoms in total. The monoisotopic (exact) mass is 539 g/mol. The van der Waals surface area contributed by atoms with Crippen LogP contribution in [0.2, 0.25) is 10.0 Å². The molecule has 10 heteroatoms. The van der Waals surface area contributed by atoms with Crippen LogP contribution in [0.15, 0.2) is 52.7 Å². The van der Waals surface area contributed by atoms with E-state index in [9.17, 15) is 13.2 Å². The molecule has 0 aliphatic rings. The van der Waals surface area contributed by atoms with E-state index >= 15 is 0 Å². The minimum atomic E-state index is -3.61. The largest absolute Gasteiger partial charge is 0.298 e. The fraction of sp³-hybridized carbons (Fsp3) is 0.333. The average Bonchev–Trinajstić information content (AvgIpc) is 3.29. The number of anilines is 1. The van der Waals surface area contributed by atoms with Crippen molar-refractivity contribution in [2.45, 2.75) is 44.4 Å². The lowest BCUT2D eigenvalue weighted by Gasteiger charge is -2.22. The van der Waals surface area contributed by atoms with Crippen molar-refractivity contribution in [2.24, 2.45) is 0 Å². The third-order valence-electron chi connectivity index (χ3n) is 5.22. The van der Waals surface area contributed by atoms with E-state index in [1.807, 2.05) is 19.2 Å². The molecule has 0 atom stereocenters. The minimum Gasteiger partial charge on any atom is -0.298 e. The van der Waals surface area contributed by atoms with Crippen molar-refractivity contribution >= 4 is 55.6 Å². The number of thiazole rings is 1. The Hall–Kier alpha value is -1.97. The van der Waals surface area contributed by atoms with Crippen LogP contribution in [0, 0.1) is 0 Å². The summed E-state index contributed by atoms with van der Waals surface area (Å²) < 4.78 is 27.7. The molecule has 0 aliphatic heterocycles. The highest BCUT2D eigenvalue weighted by Crippen LogP contribution is 2.30. The van der Waals surface area contributed by atoms with Gasteiger partial charge in [0, 0.05) is 29.6 Å². The van der Waals surface area contributed by atoms with Crippen molar-refractivity contribution in [2.75, 3.05) is 18.4 Å². The summed E-state index contributed by atoms with van der Waals surface area (Å²) in [5.41, 5.74) is 1.80. The summed E-state index contributed by atoms with van der Waals surface area (Å²) in [4.78, 5) is 17.3. The molecular weight excluding hydrogens is 513 g/mol. The Morgan fingerprint density at radius 1 is 1.00 bits per heavy atom. The van der Waals surface area contributed by atoms with Crippen molar-refractivity contribution in [1.29, 1.82) is 0 Å². The predicted molar refractivity (Wildman–Crippen MR) is 141 cm³/mol. The van der Waals surface area contributed by atoms with Gasteiger partial charge in [-0.05, 0) is 49.2 Å². The molecule has 0 radical (unpaired) electrons. The topological polar surface area (TPSA) is 79.4 Å². The Bertz CT molecular complexity index is 1220. The van der Waals surface area contributed by atoms with Crippen LogP contribution in [0.1, 0.15) is 49.9 Å². The molecule has 1 aromatic heterocycles. The summed E-state index contributed by atoms with van der Waals surface area (Å²) in [6, 6.07) is 11.2. The van der Waals surface area contributed by atoms with Crippen LogP contribution in [0.3, 0.4) is 0 Å². The fourth-order valence-corrected chi connectivity index (χ4v) is 5.77. The molecular formula is C24H27Cl2N3O3S2. The first kappa shape index (κ1) is 26.6. The zero-order valence-corrected chi connectivity index (χ0v) is 22.2. The van der Waals surface area contributed by atoms with E-state index in [0.717, 1.165) is 31.2 Å². The molecule has 0 fully saturated rings. The maximum absolute atomic E-state index is 13.1. The van der Waals surface area contributed by atoms with Crippen molar-refractivity contribution in [3.05, 3.63) is 63.5 Å². The van der Waals surface area contributed by atoms with Crippen molar-refractivity contribution in [3.63, 3.8) is 0 Å². The molecule has 34 heavy (non-hydrogen) atoms. The first-order chi connectivity index (χ1) is 16.3. The van der Waals surface area contributed by atoms with Gasteiger partial charge < -0.3 is 0 Å². The molecule has 0 spiro atoms. The number of sulfonamides is 1. The molecule has 1 N–H and O–H groups in total. The average molecular weight is 541 g/mol. The van der Waals surface area contributed by atoms with E-state index in [-0.39, 0.29) is 10.8 Å². The van der Waals surface area contributed by atoms with E-state index in [4.69, 9.17) is 23.2 Å².